The van der Waals surface area contributed by atoms with Crippen LogP contribution in [0.3, 0.4) is 0 Å². The number of amides is 1. The van der Waals surface area contributed by atoms with Gasteiger partial charge in [0.25, 0.3) is 0 Å². The number of carbonyl (C=O) groups is 1. The third-order valence-electron chi connectivity index (χ3n) is 3.44. The lowest BCUT2D eigenvalue weighted by Gasteiger charge is -2.10. The van der Waals surface area contributed by atoms with E-state index in [0.29, 0.717) is 13.1 Å². The van der Waals surface area contributed by atoms with Crippen molar-refractivity contribution in [2.45, 2.75) is 13.1 Å². The number of ether oxygens (including phenoxy) is 2. The molecule has 0 spiro atoms. The van der Waals surface area contributed by atoms with Gasteiger partial charge in [-0.25, -0.2) is 0 Å². The minimum atomic E-state index is -0.0515. The molecule has 0 fully saturated rings. The van der Waals surface area contributed by atoms with Gasteiger partial charge in [0.1, 0.15) is 11.5 Å². The monoisotopic (exact) mass is 314 g/mol. The molecule has 2 rings (SSSR count). The van der Waals surface area contributed by atoms with Gasteiger partial charge in [-0.1, -0.05) is 30.3 Å². The second-order valence-electron chi connectivity index (χ2n) is 5.04. The van der Waals surface area contributed by atoms with Gasteiger partial charge in [0, 0.05) is 18.7 Å². The van der Waals surface area contributed by atoms with Gasteiger partial charge in [0.2, 0.25) is 5.91 Å². The Balaban J connectivity index is 1.72. The van der Waals surface area contributed by atoms with Crippen molar-refractivity contribution < 1.29 is 14.3 Å². The molecule has 0 aromatic heterocycles. The predicted molar refractivity (Wildman–Crippen MR) is 89.5 cm³/mol. The number of carbonyl (C=O) groups excluding carboxylic acids is 1. The number of hydrogen-bond acceptors (Lipinski definition) is 4. The molecular weight excluding hydrogens is 292 g/mol. The maximum Gasteiger partial charge on any atom is 0.234 e. The van der Waals surface area contributed by atoms with Crippen molar-refractivity contribution in [3.05, 3.63) is 59.7 Å². The lowest BCUT2D eigenvalue weighted by atomic mass is 10.2. The van der Waals surface area contributed by atoms with Gasteiger partial charge in [0.15, 0.2) is 0 Å². The maximum absolute atomic E-state index is 11.9. The number of hydrogen-bond donors (Lipinski definition) is 2. The van der Waals surface area contributed by atoms with E-state index in [2.05, 4.69) is 10.6 Å². The van der Waals surface area contributed by atoms with E-state index in [4.69, 9.17) is 9.47 Å². The van der Waals surface area contributed by atoms with E-state index in [1.807, 2.05) is 48.5 Å². The van der Waals surface area contributed by atoms with E-state index in [0.717, 1.165) is 22.6 Å². The molecule has 0 unspecified atom stereocenters. The molecule has 122 valence electrons. The van der Waals surface area contributed by atoms with Crippen molar-refractivity contribution in [3.8, 4) is 11.5 Å². The molecule has 2 aromatic rings. The maximum atomic E-state index is 11.9. The number of rotatable bonds is 8. The summed E-state index contributed by atoms with van der Waals surface area (Å²) in [7, 11) is 3.26. The summed E-state index contributed by atoms with van der Waals surface area (Å²) < 4.78 is 10.4. The first kappa shape index (κ1) is 16.8. The Morgan fingerprint density at radius 1 is 0.957 bits per heavy atom. The third kappa shape index (κ3) is 5.30. The summed E-state index contributed by atoms with van der Waals surface area (Å²) in [6, 6.07) is 15.4. The van der Waals surface area contributed by atoms with Crippen molar-refractivity contribution in [2.75, 3.05) is 20.8 Å². The van der Waals surface area contributed by atoms with Crippen LogP contribution in [0, 0.1) is 0 Å². The van der Waals surface area contributed by atoms with E-state index >= 15 is 0 Å². The number of methoxy groups -OCH3 is 2. The Morgan fingerprint density at radius 2 is 1.70 bits per heavy atom. The average molecular weight is 314 g/mol. The second kappa shape index (κ2) is 8.80. The van der Waals surface area contributed by atoms with Crippen LogP contribution in [0.1, 0.15) is 11.1 Å². The highest BCUT2D eigenvalue weighted by Gasteiger charge is 2.05. The van der Waals surface area contributed by atoms with Crippen LogP contribution < -0.4 is 20.1 Å². The number of para-hydroxylation sites is 1. The first-order valence-corrected chi connectivity index (χ1v) is 7.45. The molecule has 2 N–H and O–H groups in total. The van der Waals surface area contributed by atoms with Crippen molar-refractivity contribution >= 4 is 5.91 Å². The Morgan fingerprint density at radius 3 is 2.39 bits per heavy atom. The Kier molecular flexibility index (Phi) is 6.44. The Hall–Kier alpha value is -2.53. The van der Waals surface area contributed by atoms with E-state index in [-0.39, 0.29) is 12.5 Å². The summed E-state index contributed by atoms with van der Waals surface area (Å²) in [5.41, 5.74) is 2.06. The molecule has 0 bridgehead atoms. The zero-order valence-corrected chi connectivity index (χ0v) is 13.5. The average Bonchev–Trinajstić information content (AvgIpc) is 2.60. The molecule has 0 aliphatic heterocycles. The van der Waals surface area contributed by atoms with Crippen LogP contribution in [0.25, 0.3) is 0 Å². The van der Waals surface area contributed by atoms with Crippen LogP contribution in [0.2, 0.25) is 0 Å². The predicted octanol–water partition coefficient (Wildman–Crippen LogP) is 2.11. The fraction of sp³-hybridized carbons (Fsp3) is 0.278. The van der Waals surface area contributed by atoms with Crippen molar-refractivity contribution in [2.24, 2.45) is 0 Å². The normalized spacial score (nSPS) is 10.2. The van der Waals surface area contributed by atoms with Crippen molar-refractivity contribution in [1.29, 1.82) is 0 Å². The molecule has 5 heteroatoms. The molecule has 1 amide bonds. The van der Waals surface area contributed by atoms with E-state index in [1.54, 1.807) is 14.2 Å². The minimum absolute atomic E-state index is 0.0515. The van der Waals surface area contributed by atoms with E-state index in [9.17, 15) is 4.79 Å². The highest BCUT2D eigenvalue weighted by atomic mass is 16.5. The van der Waals surface area contributed by atoms with Crippen LogP contribution >= 0.6 is 0 Å². The Bertz CT molecular complexity index is 626. The van der Waals surface area contributed by atoms with Crippen LogP contribution in [0.15, 0.2) is 48.5 Å². The second-order valence-corrected chi connectivity index (χ2v) is 5.04. The van der Waals surface area contributed by atoms with Gasteiger partial charge in [-0.2, -0.15) is 0 Å². The molecule has 0 atom stereocenters. The number of benzene rings is 2. The lowest BCUT2D eigenvalue weighted by Crippen LogP contribution is -2.33. The zero-order valence-electron chi connectivity index (χ0n) is 13.5. The van der Waals surface area contributed by atoms with Crippen LogP contribution in [0.4, 0.5) is 0 Å². The van der Waals surface area contributed by atoms with Gasteiger partial charge in [-0.05, 0) is 23.8 Å². The minimum Gasteiger partial charge on any atom is -0.497 e. The summed E-state index contributed by atoms with van der Waals surface area (Å²) in [5, 5.41) is 6.00. The van der Waals surface area contributed by atoms with Gasteiger partial charge >= 0.3 is 0 Å². The molecule has 0 heterocycles. The summed E-state index contributed by atoms with van der Waals surface area (Å²) in [6.45, 7) is 1.35. The van der Waals surface area contributed by atoms with E-state index in [1.165, 1.54) is 0 Å². The van der Waals surface area contributed by atoms with E-state index < -0.39 is 0 Å². The van der Waals surface area contributed by atoms with Crippen molar-refractivity contribution in [1.82, 2.24) is 10.6 Å². The van der Waals surface area contributed by atoms with Crippen LogP contribution in [-0.2, 0) is 17.9 Å². The molecule has 5 nitrogen and oxygen atoms in total. The molecule has 0 saturated carbocycles. The summed E-state index contributed by atoms with van der Waals surface area (Å²) >= 11 is 0. The molecule has 23 heavy (non-hydrogen) atoms. The van der Waals surface area contributed by atoms with Crippen molar-refractivity contribution in [3.63, 3.8) is 0 Å². The first-order valence-electron chi connectivity index (χ1n) is 7.45. The molecule has 0 radical (unpaired) electrons. The summed E-state index contributed by atoms with van der Waals surface area (Å²) in [6.07, 6.45) is 0. The number of nitrogens with one attached hydrogen (secondary N) is 2. The fourth-order valence-corrected chi connectivity index (χ4v) is 2.17. The van der Waals surface area contributed by atoms with Crippen LogP contribution in [0.5, 0.6) is 11.5 Å². The SMILES string of the molecule is COc1ccc(CNCC(=O)NCc2ccccc2OC)cc1. The van der Waals surface area contributed by atoms with Gasteiger partial charge in [-0.3, -0.25) is 4.79 Å². The van der Waals surface area contributed by atoms with Gasteiger partial charge in [-0.15, -0.1) is 0 Å². The lowest BCUT2D eigenvalue weighted by molar-refractivity contribution is -0.120. The first-order chi connectivity index (χ1) is 11.2. The zero-order chi connectivity index (χ0) is 16.5. The largest absolute Gasteiger partial charge is 0.497 e. The molecule has 2 aromatic carbocycles. The topological polar surface area (TPSA) is 59.6 Å². The molecular formula is C18H22N2O3. The molecule has 0 aliphatic rings. The standard InChI is InChI=1S/C18H22N2O3/c1-22-16-9-7-14(8-10-16)11-19-13-18(21)20-12-15-5-3-4-6-17(15)23-2/h3-10,19H,11-13H2,1-2H3,(H,20,21). The quantitative estimate of drug-likeness (QED) is 0.783. The van der Waals surface area contributed by atoms with Crippen LogP contribution in [-0.4, -0.2) is 26.7 Å². The van der Waals surface area contributed by atoms with Gasteiger partial charge < -0.3 is 20.1 Å². The third-order valence-corrected chi connectivity index (χ3v) is 3.44. The summed E-state index contributed by atoms with van der Waals surface area (Å²) in [5.74, 6) is 1.55. The molecule has 0 saturated heterocycles. The highest BCUT2D eigenvalue weighted by molar-refractivity contribution is 5.78. The molecule has 0 aliphatic carbocycles. The Labute approximate surface area is 136 Å². The summed E-state index contributed by atoms with van der Waals surface area (Å²) in [4.78, 5) is 11.9. The smallest absolute Gasteiger partial charge is 0.234 e. The van der Waals surface area contributed by atoms with Gasteiger partial charge in [0.05, 0.1) is 20.8 Å². The fourth-order valence-electron chi connectivity index (χ4n) is 2.17. The highest BCUT2D eigenvalue weighted by Crippen LogP contribution is 2.16.